The first-order valence-electron chi connectivity index (χ1n) is 6.24. The molecule has 106 valence electrons. The third-order valence-electron chi connectivity index (χ3n) is 3.09. The van der Waals surface area contributed by atoms with E-state index in [1.165, 1.54) is 12.1 Å². The van der Waals surface area contributed by atoms with Crippen LogP contribution in [0.5, 0.6) is 0 Å². The number of aryl methyl sites for hydroxylation is 1. The molecule has 0 spiro atoms. The summed E-state index contributed by atoms with van der Waals surface area (Å²) in [5.41, 5.74) is 1.72. The zero-order chi connectivity index (χ0) is 14.6. The first kappa shape index (κ1) is 14.5. The van der Waals surface area contributed by atoms with Gasteiger partial charge >= 0.3 is 6.18 Å². The van der Waals surface area contributed by atoms with E-state index < -0.39 is 11.7 Å². The van der Waals surface area contributed by atoms with Crippen LogP contribution in [0.3, 0.4) is 0 Å². The summed E-state index contributed by atoms with van der Waals surface area (Å²) in [6.07, 6.45) is -0.904. The molecule has 0 atom stereocenters. The van der Waals surface area contributed by atoms with Gasteiger partial charge in [-0.1, -0.05) is 18.2 Å². The van der Waals surface area contributed by atoms with Crippen molar-refractivity contribution in [3.63, 3.8) is 0 Å². The van der Waals surface area contributed by atoms with Crippen molar-refractivity contribution in [3.8, 4) is 0 Å². The molecule has 1 aromatic carbocycles. The zero-order valence-corrected chi connectivity index (χ0v) is 11.0. The van der Waals surface area contributed by atoms with Crippen LogP contribution in [0.1, 0.15) is 22.3 Å². The smallest absolute Gasteiger partial charge is 0.309 e. The molecule has 1 heterocycles. The summed E-state index contributed by atoms with van der Waals surface area (Å²) in [5, 5.41) is 3.04. The molecule has 0 radical (unpaired) electrons. The van der Waals surface area contributed by atoms with E-state index in [1.54, 1.807) is 18.5 Å². The Balaban J connectivity index is 2.04. The van der Waals surface area contributed by atoms with Crippen molar-refractivity contribution in [3.05, 3.63) is 65.0 Å². The molecule has 0 bridgehead atoms. The van der Waals surface area contributed by atoms with Crippen LogP contribution in [0.25, 0.3) is 0 Å². The summed E-state index contributed by atoms with van der Waals surface area (Å²) >= 11 is 0. The third kappa shape index (κ3) is 3.57. The van der Waals surface area contributed by atoms with E-state index >= 15 is 0 Å². The second kappa shape index (κ2) is 6.05. The highest BCUT2D eigenvalue weighted by Crippen LogP contribution is 2.31. The fraction of sp³-hybridized carbons (Fsp3) is 0.267. The summed E-state index contributed by atoms with van der Waals surface area (Å²) in [6.45, 7) is 2.62. The highest BCUT2D eigenvalue weighted by atomic mass is 19.4. The first-order chi connectivity index (χ1) is 9.48. The molecular formula is C15H15F3N2. The Morgan fingerprint density at radius 1 is 1.05 bits per heavy atom. The predicted octanol–water partition coefficient (Wildman–Crippen LogP) is 3.70. The zero-order valence-electron chi connectivity index (χ0n) is 11.0. The highest BCUT2D eigenvalue weighted by molar-refractivity contribution is 5.29. The third-order valence-corrected chi connectivity index (χ3v) is 3.09. The van der Waals surface area contributed by atoms with E-state index in [4.69, 9.17) is 0 Å². The molecule has 0 fully saturated rings. The standard InChI is InChI=1S/C15H15F3N2/c1-11-8-19-7-6-12(11)9-20-10-13-4-2-3-5-14(13)15(16,17)18/h2-8,20H,9-10H2,1H3. The number of aromatic nitrogens is 1. The Kier molecular flexibility index (Phi) is 4.39. The molecule has 2 rings (SSSR count). The van der Waals surface area contributed by atoms with Gasteiger partial charge in [-0.15, -0.1) is 0 Å². The minimum atomic E-state index is -4.31. The van der Waals surface area contributed by atoms with Crippen LogP contribution in [0, 0.1) is 6.92 Å². The molecule has 0 aliphatic carbocycles. The number of rotatable bonds is 4. The van der Waals surface area contributed by atoms with Crippen LogP contribution >= 0.6 is 0 Å². The largest absolute Gasteiger partial charge is 0.416 e. The summed E-state index contributed by atoms with van der Waals surface area (Å²) in [4.78, 5) is 3.98. The van der Waals surface area contributed by atoms with Crippen LogP contribution in [0.4, 0.5) is 13.2 Å². The van der Waals surface area contributed by atoms with Crippen molar-refractivity contribution in [1.29, 1.82) is 0 Å². The van der Waals surface area contributed by atoms with E-state index in [-0.39, 0.29) is 12.1 Å². The fourth-order valence-electron chi connectivity index (χ4n) is 1.98. The Bertz CT molecular complexity index is 579. The predicted molar refractivity (Wildman–Crippen MR) is 71.0 cm³/mol. The van der Waals surface area contributed by atoms with Crippen molar-refractivity contribution >= 4 is 0 Å². The Hall–Kier alpha value is -1.88. The minimum absolute atomic E-state index is 0.178. The molecule has 0 aliphatic rings. The summed E-state index contributed by atoms with van der Waals surface area (Å²) in [6, 6.07) is 7.48. The molecule has 0 saturated heterocycles. The second-order valence-electron chi connectivity index (χ2n) is 4.56. The quantitative estimate of drug-likeness (QED) is 0.923. The topological polar surface area (TPSA) is 24.9 Å². The van der Waals surface area contributed by atoms with Gasteiger partial charge in [-0.3, -0.25) is 4.98 Å². The van der Waals surface area contributed by atoms with Crippen molar-refractivity contribution in [2.45, 2.75) is 26.2 Å². The van der Waals surface area contributed by atoms with Gasteiger partial charge in [-0.2, -0.15) is 13.2 Å². The van der Waals surface area contributed by atoms with Gasteiger partial charge in [0.25, 0.3) is 0 Å². The van der Waals surface area contributed by atoms with Crippen LogP contribution in [-0.2, 0) is 19.3 Å². The first-order valence-corrected chi connectivity index (χ1v) is 6.24. The molecule has 0 unspecified atom stereocenters. The number of hydrogen-bond donors (Lipinski definition) is 1. The number of halogens is 3. The molecule has 2 aromatic rings. The van der Waals surface area contributed by atoms with Crippen LogP contribution in [0.15, 0.2) is 42.7 Å². The second-order valence-corrected chi connectivity index (χ2v) is 4.56. The molecule has 1 N–H and O–H groups in total. The summed E-state index contributed by atoms with van der Waals surface area (Å²) in [5.74, 6) is 0. The number of nitrogens with one attached hydrogen (secondary N) is 1. The number of pyridine rings is 1. The number of benzene rings is 1. The minimum Gasteiger partial charge on any atom is -0.309 e. The molecular weight excluding hydrogens is 265 g/mol. The normalized spacial score (nSPS) is 11.6. The molecule has 5 heteroatoms. The van der Waals surface area contributed by atoms with Crippen molar-refractivity contribution < 1.29 is 13.2 Å². The molecule has 0 aliphatic heterocycles. The van der Waals surface area contributed by atoms with Gasteiger partial charge in [-0.25, -0.2) is 0 Å². The van der Waals surface area contributed by atoms with Gasteiger partial charge in [0.05, 0.1) is 5.56 Å². The molecule has 0 amide bonds. The van der Waals surface area contributed by atoms with Gasteiger partial charge in [0.2, 0.25) is 0 Å². The highest BCUT2D eigenvalue weighted by Gasteiger charge is 2.32. The van der Waals surface area contributed by atoms with Gasteiger partial charge in [-0.05, 0) is 35.7 Å². The van der Waals surface area contributed by atoms with Crippen molar-refractivity contribution in [2.24, 2.45) is 0 Å². The molecule has 1 aromatic heterocycles. The van der Waals surface area contributed by atoms with E-state index in [1.807, 2.05) is 13.0 Å². The lowest BCUT2D eigenvalue weighted by atomic mass is 10.1. The van der Waals surface area contributed by atoms with Crippen molar-refractivity contribution in [1.82, 2.24) is 10.3 Å². The van der Waals surface area contributed by atoms with Crippen LogP contribution in [0.2, 0.25) is 0 Å². The average molecular weight is 280 g/mol. The maximum atomic E-state index is 12.8. The molecule has 2 nitrogen and oxygen atoms in total. The average Bonchev–Trinajstić information content (AvgIpc) is 2.40. The van der Waals surface area contributed by atoms with E-state index in [0.29, 0.717) is 6.54 Å². The van der Waals surface area contributed by atoms with Gasteiger partial charge < -0.3 is 5.32 Å². The Morgan fingerprint density at radius 3 is 2.45 bits per heavy atom. The summed E-state index contributed by atoms with van der Waals surface area (Å²) in [7, 11) is 0. The Morgan fingerprint density at radius 2 is 1.75 bits per heavy atom. The lowest BCUT2D eigenvalue weighted by Crippen LogP contribution is -2.17. The van der Waals surface area contributed by atoms with Gasteiger partial charge in [0.15, 0.2) is 0 Å². The fourth-order valence-corrected chi connectivity index (χ4v) is 1.98. The molecule has 20 heavy (non-hydrogen) atoms. The van der Waals surface area contributed by atoms with Crippen LogP contribution < -0.4 is 5.32 Å². The van der Waals surface area contributed by atoms with Crippen LogP contribution in [-0.4, -0.2) is 4.98 Å². The SMILES string of the molecule is Cc1cnccc1CNCc1ccccc1C(F)(F)F. The molecule has 0 saturated carbocycles. The van der Waals surface area contributed by atoms with Gasteiger partial charge in [0.1, 0.15) is 0 Å². The van der Waals surface area contributed by atoms with E-state index in [0.717, 1.165) is 17.2 Å². The van der Waals surface area contributed by atoms with Gasteiger partial charge in [0, 0.05) is 25.5 Å². The van der Waals surface area contributed by atoms with Crippen molar-refractivity contribution in [2.75, 3.05) is 0 Å². The Labute approximate surface area is 115 Å². The van der Waals surface area contributed by atoms with E-state index in [2.05, 4.69) is 10.3 Å². The maximum absolute atomic E-state index is 12.8. The maximum Gasteiger partial charge on any atom is 0.416 e. The lowest BCUT2D eigenvalue weighted by Gasteiger charge is -2.13. The van der Waals surface area contributed by atoms with E-state index in [9.17, 15) is 13.2 Å². The monoisotopic (exact) mass is 280 g/mol. The summed E-state index contributed by atoms with van der Waals surface area (Å²) < 4.78 is 38.5. The lowest BCUT2D eigenvalue weighted by molar-refractivity contribution is -0.138. The number of hydrogen-bond acceptors (Lipinski definition) is 2. The number of alkyl halides is 3. The number of nitrogens with zero attached hydrogens (tertiary/aromatic N) is 1.